The Labute approximate surface area is 344 Å². The minimum absolute atomic E-state index is 0.0731. The average Bonchev–Trinajstić information content (AvgIpc) is 3.57. The molecular weight excluding hydrogens is 697 g/mol. The molecule has 0 saturated heterocycles. The number of nitrogens with two attached hydrogens (primary N) is 2. The summed E-state index contributed by atoms with van der Waals surface area (Å²) in [4.78, 5) is 0. The molecule has 8 rings (SSSR count). The number of anilines is 2. The van der Waals surface area contributed by atoms with Crippen molar-refractivity contribution in [2.75, 3.05) is 11.5 Å². The SMILES string of the molecule is CCC(C)CCC(C)C1CCC2C3CCC4CC(c5ccc(Oc6ccc(N)c(C)c6)cc5)(c5ccc(Oc6ccc(N)c(C)c6)cc5)CCC4(C)C3CCC12C. The number of benzene rings is 4. The molecule has 9 atom stereocenters. The van der Waals surface area contributed by atoms with E-state index in [1.807, 2.05) is 50.2 Å². The number of ether oxygens (including phenoxy) is 2. The van der Waals surface area contributed by atoms with E-state index < -0.39 is 0 Å². The highest BCUT2D eigenvalue weighted by molar-refractivity contribution is 5.52. The van der Waals surface area contributed by atoms with Crippen molar-refractivity contribution >= 4 is 11.4 Å². The first kappa shape index (κ1) is 39.9. The molecule has 304 valence electrons. The monoisotopic (exact) mass is 767 g/mol. The van der Waals surface area contributed by atoms with Gasteiger partial charge in [-0.05, 0) is 207 Å². The first-order chi connectivity index (χ1) is 27.3. The molecular formula is C53H70N2O2. The first-order valence-corrected chi connectivity index (χ1v) is 22.6. The molecule has 0 heterocycles. The maximum absolute atomic E-state index is 6.36. The predicted octanol–water partition coefficient (Wildman–Crippen LogP) is 14.5. The molecule has 4 fully saturated rings. The third kappa shape index (κ3) is 7.38. The summed E-state index contributed by atoms with van der Waals surface area (Å²) >= 11 is 0. The lowest BCUT2D eigenvalue weighted by molar-refractivity contribution is -0.122. The molecule has 4 aliphatic carbocycles. The van der Waals surface area contributed by atoms with Gasteiger partial charge in [0.25, 0.3) is 0 Å². The van der Waals surface area contributed by atoms with Gasteiger partial charge in [-0.3, -0.25) is 0 Å². The molecule has 4 nitrogen and oxygen atoms in total. The van der Waals surface area contributed by atoms with Gasteiger partial charge in [-0.2, -0.15) is 0 Å². The summed E-state index contributed by atoms with van der Waals surface area (Å²) in [6.45, 7) is 17.0. The summed E-state index contributed by atoms with van der Waals surface area (Å²) in [7, 11) is 0. The van der Waals surface area contributed by atoms with Gasteiger partial charge in [0.15, 0.2) is 0 Å². The smallest absolute Gasteiger partial charge is 0.127 e. The second-order valence-corrected chi connectivity index (χ2v) is 20.0. The van der Waals surface area contributed by atoms with Crippen LogP contribution in [-0.4, -0.2) is 0 Å². The molecule has 0 bridgehead atoms. The second-order valence-electron chi connectivity index (χ2n) is 20.0. The topological polar surface area (TPSA) is 70.5 Å². The lowest BCUT2D eigenvalue weighted by atomic mass is 9.42. The largest absolute Gasteiger partial charge is 0.457 e. The van der Waals surface area contributed by atoms with Gasteiger partial charge in [-0.25, -0.2) is 0 Å². The number of aryl methyl sites for hydroxylation is 2. The number of hydrogen-bond donors (Lipinski definition) is 2. The average molecular weight is 767 g/mol. The zero-order chi connectivity index (χ0) is 40.1. The normalized spacial score (nSPS) is 30.1. The van der Waals surface area contributed by atoms with Gasteiger partial charge in [0.1, 0.15) is 23.0 Å². The molecule has 9 unspecified atom stereocenters. The molecule has 0 spiro atoms. The maximum Gasteiger partial charge on any atom is 0.127 e. The Morgan fingerprint density at radius 2 is 1.16 bits per heavy atom. The number of rotatable bonds is 11. The Morgan fingerprint density at radius 1 is 0.614 bits per heavy atom. The van der Waals surface area contributed by atoms with E-state index in [-0.39, 0.29) is 5.41 Å². The van der Waals surface area contributed by atoms with E-state index in [1.165, 1.54) is 81.8 Å². The summed E-state index contributed by atoms with van der Waals surface area (Å²) in [5.74, 6) is 9.32. The van der Waals surface area contributed by atoms with Gasteiger partial charge in [0.2, 0.25) is 0 Å². The van der Waals surface area contributed by atoms with Crippen LogP contribution in [0, 0.1) is 66.1 Å². The van der Waals surface area contributed by atoms with Crippen molar-refractivity contribution in [3.8, 4) is 23.0 Å². The van der Waals surface area contributed by atoms with Crippen molar-refractivity contribution in [1.82, 2.24) is 0 Å². The maximum atomic E-state index is 6.36. The Hall–Kier alpha value is -3.92. The zero-order valence-corrected chi connectivity index (χ0v) is 36.1. The Morgan fingerprint density at radius 3 is 1.70 bits per heavy atom. The lowest BCUT2D eigenvalue weighted by Crippen LogP contribution is -2.55. The van der Waals surface area contributed by atoms with Crippen LogP contribution in [0.5, 0.6) is 23.0 Å². The van der Waals surface area contributed by atoms with Crippen molar-refractivity contribution in [2.45, 2.75) is 131 Å². The standard InChI is InChI=1S/C53H70N2O2/c1-8-34(2)9-10-35(3)46-23-24-47-45-22-15-40-33-53(30-29-51(40,6)48(45)27-28-52(46,47)7,38-11-16-41(17-12-38)56-43-20-25-49(54)36(4)31-43)39-13-18-42(19-14-39)57-44-21-26-50(55)37(5)32-44/h11-14,16-21,25-26,31-32,34-35,40,45-48H,8-10,15,22-24,27-30,33,54-55H2,1-7H3. The summed E-state index contributed by atoms with van der Waals surface area (Å²) in [6.07, 6.45) is 16.3. The summed E-state index contributed by atoms with van der Waals surface area (Å²) < 4.78 is 12.7. The molecule has 4 heteroatoms. The molecule has 0 radical (unpaired) electrons. The third-order valence-electron chi connectivity index (χ3n) is 17.1. The van der Waals surface area contributed by atoms with Gasteiger partial charge in [-0.1, -0.05) is 78.1 Å². The minimum atomic E-state index is -0.0731. The fourth-order valence-electron chi connectivity index (χ4n) is 13.3. The fourth-order valence-corrected chi connectivity index (χ4v) is 13.3. The van der Waals surface area contributed by atoms with E-state index in [2.05, 4.69) is 83.1 Å². The summed E-state index contributed by atoms with van der Waals surface area (Å²) in [5, 5.41) is 0. The second kappa shape index (κ2) is 15.7. The number of nitrogen functional groups attached to an aromatic ring is 2. The van der Waals surface area contributed by atoms with Crippen LogP contribution in [0.1, 0.15) is 134 Å². The van der Waals surface area contributed by atoms with Crippen molar-refractivity contribution in [3.63, 3.8) is 0 Å². The van der Waals surface area contributed by atoms with Crippen LogP contribution in [0.4, 0.5) is 11.4 Å². The highest BCUT2D eigenvalue weighted by atomic mass is 16.5. The number of hydrogen-bond acceptors (Lipinski definition) is 4. The van der Waals surface area contributed by atoms with Crippen LogP contribution < -0.4 is 20.9 Å². The zero-order valence-electron chi connectivity index (χ0n) is 36.1. The van der Waals surface area contributed by atoms with Crippen LogP contribution in [0.3, 0.4) is 0 Å². The molecule has 4 aromatic rings. The van der Waals surface area contributed by atoms with Crippen molar-refractivity contribution in [1.29, 1.82) is 0 Å². The van der Waals surface area contributed by atoms with Crippen molar-refractivity contribution < 1.29 is 9.47 Å². The highest BCUT2D eigenvalue weighted by Gasteiger charge is 2.62. The van der Waals surface area contributed by atoms with Gasteiger partial charge >= 0.3 is 0 Å². The molecule has 0 amide bonds. The Kier molecular flexibility index (Phi) is 11.0. The van der Waals surface area contributed by atoms with E-state index >= 15 is 0 Å². The lowest BCUT2D eigenvalue weighted by Gasteiger charge is -2.63. The van der Waals surface area contributed by atoms with E-state index in [4.69, 9.17) is 20.9 Å². The first-order valence-electron chi connectivity index (χ1n) is 22.6. The summed E-state index contributed by atoms with van der Waals surface area (Å²) in [6, 6.07) is 29.9. The van der Waals surface area contributed by atoms with Crippen molar-refractivity contribution in [3.05, 3.63) is 107 Å². The van der Waals surface area contributed by atoms with Crippen LogP contribution in [0.2, 0.25) is 0 Å². The molecule has 4 aromatic carbocycles. The van der Waals surface area contributed by atoms with E-state index in [0.29, 0.717) is 16.7 Å². The molecule has 4 N–H and O–H groups in total. The molecule has 0 aromatic heterocycles. The van der Waals surface area contributed by atoms with Crippen LogP contribution in [0.25, 0.3) is 0 Å². The predicted molar refractivity (Wildman–Crippen MR) is 238 cm³/mol. The van der Waals surface area contributed by atoms with Gasteiger partial charge in [-0.15, -0.1) is 0 Å². The summed E-state index contributed by atoms with van der Waals surface area (Å²) in [5.41, 5.74) is 19.5. The molecule has 4 saturated carbocycles. The molecule has 0 aliphatic heterocycles. The van der Waals surface area contributed by atoms with Gasteiger partial charge in [0.05, 0.1) is 0 Å². The van der Waals surface area contributed by atoms with E-state index in [0.717, 1.165) is 87.4 Å². The Balaban J connectivity index is 1.06. The van der Waals surface area contributed by atoms with Crippen LogP contribution in [-0.2, 0) is 5.41 Å². The minimum Gasteiger partial charge on any atom is -0.457 e. The third-order valence-corrected chi connectivity index (χ3v) is 17.1. The fraction of sp³-hybridized carbons (Fsp3) is 0.547. The Bertz CT molecular complexity index is 1920. The number of fused-ring (bicyclic) bond motifs is 5. The van der Waals surface area contributed by atoms with E-state index in [1.54, 1.807) is 0 Å². The highest BCUT2D eigenvalue weighted by Crippen LogP contribution is 2.70. The van der Waals surface area contributed by atoms with Gasteiger partial charge in [0, 0.05) is 16.8 Å². The van der Waals surface area contributed by atoms with Crippen LogP contribution in [0.15, 0.2) is 84.9 Å². The van der Waals surface area contributed by atoms with E-state index in [9.17, 15) is 0 Å². The quantitative estimate of drug-likeness (QED) is 0.149. The molecule has 4 aliphatic rings. The van der Waals surface area contributed by atoms with Crippen LogP contribution >= 0.6 is 0 Å². The van der Waals surface area contributed by atoms with Crippen molar-refractivity contribution in [2.24, 2.45) is 52.3 Å². The van der Waals surface area contributed by atoms with Gasteiger partial charge < -0.3 is 20.9 Å². The molecule has 57 heavy (non-hydrogen) atoms.